The summed E-state index contributed by atoms with van der Waals surface area (Å²) in [6.45, 7) is 4.31. The summed E-state index contributed by atoms with van der Waals surface area (Å²) in [4.78, 5) is 35.1. The zero-order valence-corrected chi connectivity index (χ0v) is 11.7. The van der Waals surface area contributed by atoms with Gasteiger partial charge in [0.25, 0.3) is 0 Å². The van der Waals surface area contributed by atoms with E-state index in [1.807, 2.05) is 0 Å². The standard InChI is InChI=1S/C13H15ClN2O3/c1-4-13(19)15-12-6-5-10(7-11(12)14)16(8(2)17)9(3)18/h5-7H,4H2,1-3H3,(H,15,19). The van der Waals surface area contributed by atoms with Crippen molar-refractivity contribution < 1.29 is 14.4 Å². The first-order valence-electron chi connectivity index (χ1n) is 5.77. The van der Waals surface area contributed by atoms with Gasteiger partial charge >= 0.3 is 0 Å². The molecule has 0 aliphatic heterocycles. The van der Waals surface area contributed by atoms with E-state index in [1.54, 1.807) is 19.1 Å². The van der Waals surface area contributed by atoms with Gasteiger partial charge in [0, 0.05) is 20.3 Å². The van der Waals surface area contributed by atoms with Gasteiger partial charge in [-0.05, 0) is 18.2 Å². The lowest BCUT2D eigenvalue weighted by atomic mass is 10.2. The Bertz CT molecular complexity index is 515. The van der Waals surface area contributed by atoms with Gasteiger partial charge in [0.15, 0.2) is 0 Å². The number of hydrogen-bond acceptors (Lipinski definition) is 3. The SMILES string of the molecule is CCC(=O)Nc1ccc(N(C(C)=O)C(C)=O)cc1Cl. The van der Waals surface area contributed by atoms with Crippen LogP contribution < -0.4 is 10.2 Å². The molecular weight excluding hydrogens is 268 g/mol. The number of carbonyl (C=O) groups is 3. The van der Waals surface area contributed by atoms with E-state index in [2.05, 4.69) is 5.32 Å². The third-order valence-corrected chi connectivity index (χ3v) is 2.75. The minimum Gasteiger partial charge on any atom is -0.325 e. The van der Waals surface area contributed by atoms with E-state index in [9.17, 15) is 14.4 Å². The molecule has 1 N–H and O–H groups in total. The Morgan fingerprint density at radius 3 is 2.21 bits per heavy atom. The topological polar surface area (TPSA) is 66.5 Å². The summed E-state index contributed by atoms with van der Waals surface area (Å²) in [5.74, 6) is -0.951. The van der Waals surface area contributed by atoms with Crippen molar-refractivity contribution >= 4 is 40.7 Å². The number of nitrogens with one attached hydrogen (secondary N) is 1. The molecule has 0 unspecified atom stereocenters. The van der Waals surface area contributed by atoms with E-state index in [-0.39, 0.29) is 10.9 Å². The summed E-state index contributed by atoms with van der Waals surface area (Å²) < 4.78 is 0. The predicted octanol–water partition coefficient (Wildman–Crippen LogP) is 2.59. The van der Waals surface area contributed by atoms with Crippen LogP contribution in [0.1, 0.15) is 27.2 Å². The Balaban J connectivity index is 3.08. The lowest BCUT2D eigenvalue weighted by molar-refractivity contribution is -0.124. The van der Waals surface area contributed by atoms with Crippen LogP contribution in [0.5, 0.6) is 0 Å². The first-order valence-corrected chi connectivity index (χ1v) is 6.15. The first kappa shape index (κ1) is 15.2. The Morgan fingerprint density at radius 2 is 1.79 bits per heavy atom. The summed E-state index contributed by atoms with van der Waals surface area (Å²) in [7, 11) is 0. The molecule has 102 valence electrons. The molecule has 0 spiro atoms. The number of amides is 3. The minimum atomic E-state index is -0.395. The molecule has 0 atom stereocenters. The molecule has 1 aromatic carbocycles. The summed E-state index contributed by atoms with van der Waals surface area (Å²) in [6.07, 6.45) is 0.338. The van der Waals surface area contributed by atoms with Gasteiger partial charge in [-0.3, -0.25) is 19.3 Å². The molecule has 1 aromatic rings. The van der Waals surface area contributed by atoms with Crippen molar-refractivity contribution in [3.8, 4) is 0 Å². The molecule has 0 fully saturated rings. The summed E-state index contributed by atoms with van der Waals surface area (Å²) >= 11 is 6.02. The zero-order chi connectivity index (χ0) is 14.6. The van der Waals surface area contributed by atoms with Crippen LogP contribution in [0, 0.1) is 0 Å². The first-order chi connectivity index (χ1) is 8.86. The molecule has 1 rings (SSSR count). The Hall–Kier alpha value is -1.88. The molecule has 0 radical (unpaired) electrons. The van der Waals surface area contributed by atoms with Crippen LogP contribution in [0.4, 0.5) is 11.4 Å². The number of benzene rings is 1. The highest BCUT2D eigenvalue weighted by molar-refractivity contribution is 6.34. The van der Waals surface area contributed by atoms with Crippen LogP contribution in [0.15, 0.2) is 18.2 Å². The maximum Gasteiger partial charge on any atom is 0.230 e. The number of imide groups is 1. The van der Waals surface area contributed by atoms with E-state index in [1.165, 1.54) is 19.9 Å². The molecule has 0 saturated heterocycles. The molecule has 19 heavy (non-hydrogen) atoms. The quantitative estimate of drug-likeness (QED) is 0.926. The van der Waals surface area contributed by atoms with E-state index in [4.69, 9.17) is 11.6 Å². The minimum absolute atomic E-state index is 0.162. The van der Waals surface area contributed by atoms with Crippen LogP contribution in [-0.4, -0.2) is 17.7 Å². The normalized spacial score (nSPS) is 9.89. The Kier molecular flexibility index (Phi) is 5.06. The second kappa shape index (κ2) is 6.33. The predicted molar refractivity (Wildman–Crippen MR) is 74.2 cm³/mol. The number of anilines is 2. The van der Waals surface area contributed by atoms with Crippen LogP contribution in [0.3, 0.4) is 0 Å². The highest BCUT2D eigenvalue weighted by atomic mass is 35.5. The van der Waals surface area contributed by atoms with Crippen molar-refractivity contribution in [2.45, 2.75) is 27.2 Å². The van der Waals surface area contributed by atoms with Gasteiger partial charge in [-0.1, -0.05) is 18.5 Å². The van der Waals surface area contributed by atoms with Crippen molar-refractivity contribution in [2.75, 3.05) is 10.2 Å². The highest BCUT2D eigenvalue weighted by Crippen LogP contribution is 2.28. The Labute approximate surface area is 116 Å². The molecule has 5 nitrogen and oxygen atoms in total. The van der Waals surface area contributed by atoms with Gasteiger partial charge in [-0.15, -0.1) is 0 Å². The van der Waals surface area contributed by atoms with Gasteiger partial charge < -0.3 is 5.32 Å². The van der Waals surface area contributed by atoms with E-state index < -0.39 is 11.8 Å². The van der Waals surface area contributed by atoms with Crippen molar-refractivity contribution in [2.24, 2.45) is 0 Å². The number of rotatable bonds is 3. The number of nitrogens with zero attached hydrogens (tertiary/aromatic N) is 1. The Morgan fingerprint density at radius 1 is 1.21 bits per heavy atom. The van der Waals surface area contributed by atoms with Gasteiger partial charge in [-0.2, -0.15) is 0 Å². The average molecular weight is 283 g/mol. The van der Waals surface area contributed by atoms with Crippen LogP contribution >= 0.6 is 11.6 Å². The molecule has 0 aliphatic carbocycles. The molecule has 0 aliphatic rings. The summed E-state index contributed by atoms with van der Waals surface area (Å²) in [5.41, 5.74) is 0.823. The molecule has 6 heteroatoms. The van der Waals surface area contributed by atoms with E-state index >= 15 is 0 Å². The number of halogens is 1. The second-order valence-electron chi connectivity index (χ2n) is 3.94. The molecule has 3 amide bonds. The summed E-state index contributed by atoms with van der Waals surface area (Å²) in [6, 6.07) is 4.58. The van der Waals surface area contributed by atoms with Crippen molar-refractivity contribution in [1.29, 1.82) is 0 Å². The smallest absolute Gasteiger partial charge is 0.230 e. The van der Waals surface area contributed by atoms with Crippen molar-refractivity contribution in [3.05, 3.63) is 23.2 Å². The van der Waals surface area contributed by atoms with E-state index in [0.717, 1.165) is 4.90 Å². The van der Waals surface area contributed by atoms with Gasteiger partial charge in [0.05, 0.1) is 16.4 Å². The molecule has 0 heterocycles. The average Bonchev–Trinajstić information content (AvgIpc) is 2.31. The fraction of sp³-hybridized carbons (Fsp3) is 0.308. The number of hydrogen-bond donors (Lipinski definition) is 1. The molecule has 0 aromatic heterocycles. The largest absolute Gasteiger partial charge is 0.325 e. The second-order valence-corrected chi connectivity index (χ2v) is 4.35. The fourth-order valence-corrected chi connectivity index (χ4v) is 1.79. The van der Waals surface area contributed by atoms with Crippen LogP contribution in [0.25, 0.3) is 0 Å². The lowest BCUT2D eigenvalue weighted by Crippen LogP contribution is -2.33. The molecule has 0 bridgehead atoms. The summed E-state index contributed by atoms with van der Waals surface area (Å²) in [5, 5.41) is 2.90. The maximum absolute atomic E-state index is 11.4. The molecular formula is C13H15ClN2O3. The molecule has 0 saturated carbocycles. The van der Waals surface area contributed by atoms with Crippen molar-refractivity contribution in [1.82, 2.24) is 0 Å². The maximum atomic E-state index is 11.4. The van der Waals surface area contributed by atoms with Gasteiger partial charge in [-0.25, -0.2) is 0 Å². The van der Waals surface area contributed by atoms with E-state index in [0.29, 0.717) is 17.8 Å². The van der Waals surface area contributed by atoms with Gasteiger partial charge in [0.1, 0.15) is 0 Å². The third-order valence-electron chi connectivity index (χ3n) is 2.44. The van der Waals surface area contributed by atoms with Gasteiger partial charge in [0.2, 0.25) is 17.7 Å². The van der Waals surface area contributed by atoms with Crippen LogP contribution in [0.2, 0.25) is 5.02 Å². The van der Waals surface area contributed by atoms with Crippen molar-refractivity contribution in [3.63, 3.8) is 0 Å². The monoisotopic (exact) mass is 282 g/mol. The fourth-order valence-electron chi connectivity index (χ4n) is 1.57. The highest BCUT2D eigenvalue weighted by Gasteiger charge is 2.17. The third kappa shape index (κ3) is 3.79. The lowest BCUT2D eigenvalue weighted by Gasteiger charge is -2.18. The zero-order valence-electron chi connectivity index (χ0n) is 11.0. The van der Waals surface area contributed by atoms with Crippen LogP contribution in [-0.2, 0) is 14.4 Å². The number of carbonyl (C=O) groups excluding carboxylic acids is 3.